The highest BCUT2D eigenvalue weighted by atomic mass is 16.3. The van der Waals surface area contributed by atoms with Crippen molar-refractivity contribution in [1.82, 2.24) is 15.0 Å². The molecule has 1 unspecified atom stereocenters. The molecule has 0 aliphatic carbocycles. The number of rotatable bonds is 3. The fourth-order valence-electron chi connectivity index (χ4n) is 2.54. The SMILES string of the molecule is OCc1cnc(N2CCCC2c2cccnc2)cn1. The highest BCUT2D eigenvalue weighted by Gasteiger charge is 2.27. The second-order valence-electron chi connectivity index (χ2n) is 4.66. The van der Waals surface area contributed by atoms with Gasteiger partial charge in [0.05, 0.1) is 30.7 Å². The molecule has 1 N–H and O–H groups in total. The summed E-state index contributed by atoms with van der Waals surface area (Å²) in [6.45, 7) is 0.909. The van der Waals surface area contributed by atoms with Crippen LogP contribution in [0.3, 0.4) is 0 Å². The normalized spacial score (nSPS) is 18.8. The Labute approximate surface area is 112 Å². The van der Waals surface area contributed by atoms with E-state index < -0.39 is 0 Å². The van der Waals surface area contributed by atoms with Crippen LogP contribution in [-0.2, 0) is 6.61 Å². The van der Waals surface area contributed by atoms with Gasteiger partial charge in [0.1, 0.15) is 5.82 Å². The Bertz CT molecular complexity index is 529. The van der Waals surface area contributed by atoms with Gasteiger partial charge in [-0.25, -0.2) is 4.98 Å². The number of aliphatic hydroxyl groups is 1. The molecule has 0 saturated carbocycles. The smallest absolute Gasteiger partial charge is 0.147 e. The zero-order valence-corrected chi connectivity index (χ0v) is 10.6. The molecular formula is C14H16N4O. The van der Waals surface area contributed by atoms with Gasteiger partial charge in [-0.3, -0.25) is 9.97 Å². The third-order valence-electron chi connectivity index (χ3n) is 3.47. The van der Waals surface area contributed by atoms with E-state index in [4.69, 9.17) is 5.11 Å². The molecule has 0 aromatic carbocycles. The lowest BCUT2D eigenvalue weighted by Gasteiger charge is -2.25. The molecule has 0 amide bonds. The molecule has 1 atom stereocenters. The molecule has 0 spiro atoms. The molecular weight excluding hydrogens is 240 g/mol. The van der Waals surface area contributed by atoms with E-state index in [9.17, 15) is 0 Å². The molecule has 1 aliphatic heterocycles. The molecule has 5 heteroatoms. The van der Waals surface area contributed by atoms with Crippen molar-refractivity contribution in [2.75, 3.05) is 11.4 Å². The third kappa shape index (κ3) is 2.42. The van der Waals surface area contributed by atoms with Crippen molar-refractivity contribution >= 4 is 5.82 Å². The lowest BCUT2D eigenvalue weighted by molar-refractivity contribution is 0.276. The first-order valence-corrected chi connectivity index (χ1v) is 6.47. The monoisotopic (exact) mass is 256 g/mol. The van der Waals surface area contributed by atoms with E-state index in [1.165, 1.54) is 5.56 Å². The molecule has 1 saturated heterocycles. The van der Waals surface area contributed by atoms with Gasteiger partial charge in [-0.1, -0.05) is 6.07 Å². The topological polar surface area (TPSA) is 62.1 Å². The average Bonchev–Trinajstić information content (AvgIpc) is 2.98. The average molecular weight is 256 g/mol. The van der Waals surface area contributed by atoms with Gasteiger partial charge >= 0.3 is 0 Å². The molecule has 1 fully saturated rings. The van der Waals surface area contributed by atoms with Crippen molar-refractivity contribution in [1.29, 1.82) is 0 Å². The maximum absolute atomic E-state index is 9.00. The Morgan fingerprint density at radius 2 is 2.21 bits per heavy atom. The van der Waals surface area contributed by atoms with Crippen LogP contribution in [0.1, 0.15) is 30.1 Å². The molecule has 1 aliphatic rings. The number of anilines is 1. The molecule has 0 radical (unpaired) electrons. The number of aliphatic hydroxyl groups excluding tert-OH is 1. The summed E-state index contributed by atoms with van der Waals surface area (Å²) in [6, 6.07) is 4.39. The number of hydrogen-bond donors (Lipinski definition) is 1. The Balaban J connectivity index is 1.86. The van der Waals surface area contributed by atoms with Crippen molar-refractivity contribution < 1.29 is 5.11 Å². The zero-order valence-electron chi connectivity index (χ0n) is 10.6. The van der Waals surface area contributed by atoms with Crippen LogP contribution in [0.5, 0.6) is 0 Å². The summed E-state index contributed by atoms with van der Waals surface area (Å²) >= 11 is 0. The van der Waals surface area contributed by atoms with E-state index >= 15 is 0 Å². The van der Waals surface area contributed by atoms with Crippen molar-refractivity contribution in [3.63, 3.8) is 0 Å². The molecule has 2 aromatic rings. The quantitative estimate of drug-likeness (QED) is 0.905. The second-order valence-corrected chi connectivity index (χ2v) is 4.66. The van der Waals surface area contributed by atoms with Gasteiger partial charge in [0.25, 0.3) is 0 Å². The summed E-state index contributed by atoms with van der Waals surface area (Å²) in [5.41, 5.74) is 1.81. The van der Waals surface area contributed by atoms with Gasteiger partial charge in [-0.15, -0.1) is 0 Å². The predicted octanol–water partition coefficient (Wildman–Crippen LogP) is 1.71. The summed E-state index contributed by atoms with van der Waals surface area (Å²) < 4.78 is 0. The van der Waals surface area contributed by atoms with Crippen LogP contribution >= 0.6 is 0 Å². The van der Waals surface area contributed by atoms with E-state index in [1.54, 1.807) is 18.6 Å². The largest absolute Gasteiger partial charge is 0.390 e. The maximum Gasteiger partial charge on any atom is 0.147 e. The van der Waals surface area contributed by atoms with E-state index in [1.807, 2.05) is 12.3 Å². The molecule has 3 heterocycles. The Morgan fingerprint density at radius 1 is 1.26 bits per heavy atom. The lowest BCUT2D eigenvalue weighted by atomic mass is 10.1. The number of pyridine rings is 1. The minimum atomic E-state index is -0.0701. The summed E-state index contributed by atoms with van der Waals surface area (Å²) in [6.07, 6.45) is 9.32. The number of nitrogens with zero attached hydrogens (tertiary/aromatic N) is 4. The zero-order chi connectivity index (χ0) is 13.1. The number of aromatic nitrogens is 3. The van der Waals surface area contributed by atoms with Crippen LogP contribution in [0.15, 0.2) is 36.9 Å². The van der Waals surface area contributed by atoms with Gasteiger partial charge < -0.3 is 10.0 Å². The molecule has 98 valence electrons. The lowest BCUT2D eigenvalue weighted by Crippen LogP contribution is -2.23. The molecule has 2 aromatic heterocycles. The fourth-order valence-corrected chi connectivity index (χ4v) is 2.54. The van der Waals surface area contributed by atoms with Gasteiger partial charge in [0, 0.05) is 18.9 Å². The van der Waals surface area contributed by atoms with Crippen LogP contribution in [0.4, 0.5) is 5.82 Å². The third-order valence-corrected chi connectivity index (χ3v) is 3.47. The first-order valence-electron chi connectivity index (χ1n) is 6.47. The van der Waals surface area contributed by atoms with E-state index in [2.05, 4.69) is 25.9 Å². The number of hydrogen-bond acceptors (Lipinski definition) is 5. The Hall–Kier alpha value is -2.01. The van der Waals surface area contributed by atoms with Crippen LogP contribution in [0.25, 0.3) is 0 Å². The molecule has 19 heavy (non-hydrogen) atoms. The fraction of sp³-hybridized carbons (Fsp3) is 0.357. The van der Waals surface area contributed by atoms with Gasteiger partial charge in [0.2, 0.25) is 0 Å². The maximum atomic E-state index is 9.00. The van der Waals surface area contributed by atoms with Crippen LogP contribution in [-0.4, -0.2) is 26.6 Å². The van der Waals surface area contributed by atoms with Gasteiger partial charge in [0.15, 0.2) is 0 Å². The van der Waals surface area contributed by atoms with Crippen molar-refractivity contribution in [2.45, 2.75) is 25.5 Å². The highest BCUT2D eigenvalue weighted by Crippen LogP contribution is 2.34. The summed E-state index contributed by atoms with van der Waals surface area (Å²) in [5, 5.41) is 9.00. The molecule has 5 nitrogen and oxygen atoms in total. The van der Waals surface area contributed by atoms with Crippen molar-refractivity contribution in [2.24, 2.45) is 0 Å². The minimum absolute atomic E-state index is 0.0701. The van der Waals surface area contributed by atoms with Crippen LogP contribution in [0.2, 0.25) is 0 Å². The van der Waals surface area contributed by atoms with E-state index in [0.29, 0.717) is 11.7 Å². The molecule has 0 bridgehead atoms. The van der Waals surface area contributed by atoms with E-state index in [0.717, 1.165) is 25.2 Å². The first kappa shape index (κ1) is 12.0. The summed E-state index contributed by atoms with van der Waals surface area (Å²) in [5.74, 6) is 0.864. The second kappa shape index (κ2) is 5.32. The predicted molar refractivity (Wildman–Crippen MR) is 71.5 cm³/mol. The van der Waals surface area contributed by atoms with Crippen molar-refractivity contribution in [3.05, 3.63) is 48.2 Å². The van der Waals surface area contributed by atoms with Crippen molar-refractivity contribution in [3.8, 4) is 0 Å². The van der Waals surface area contributed by atoms with Gasteiger partial charge in [-0.2, -0.15) is 0 Å². The Morgan fingerprint density at radius 3 is 2.89 bits per heavy atom. The summed E-state index contributed by atoms with van der Waals surface area (Å²) in [7, 11) is 0. The minimum Gasteiger partial charge on any atom is -0.390 e. The van der Waals surface area contributed by atoms with Crippen LogP contribution in [0, 0.1) is 0 Å². The van der Waals surface area contributed by atoms with Gasteiger partial charge in [-0.05, 0) is 24.5 Å². The molecule has 3 rings (SSSR count). The highest BCUT2D eigenvalue weighted by molar-refractivity contribution is 5.41. The summed E-state index contributed by atoms with van der Waals surface area (Å²) in [4.78, 5) is 15.0. The van der Waals surface area contributed by atoms with Crippen LogP contribution < -0.4 is 4.90 Å². The first-order chi connectivity index (χ1) is 9.38. The Kier molecular flexibility index (Phi) is 3.37. The van der Waals surface area contributed by atoms with E-state index in [-0.39, 0.29) is 6.61 Å². The standard InChI is InChI=1S/C14H16N4O/c19-10-12-8-17-14(9-16-12)18-6-2-4-13(18)11-3-1-5-15-7-11/h1,3,5,7-9,13,19H,2,4,6,10H2.